The van der Waals surface area contributed by atoms with Gasteiger partial charge in [0.1, 0.15) is 28.2 Å². The van der Waals surface area contributed by atoms with Gasteiger partial charge < -0.3 is 14.6 Å². The SMILES string of the molecule is CCc1ccc(OCCCOc2ccc(CC(=O)O)cc2)c(-n2nc3ccc(Cl)cc3n2)c1. The van der Waals surface area contributed by atoms with E-state index in [0.29, 0.717) is 36.2 Å². The second-order valence-electron chi connectivity index (χ2n) is 7.54. The van der Waals surface area contributed by atoms with Crippen molar-refractivity contribution >= 4 is 28.6 Å². The quantitative estimate of drug-likeness (QED) is 0.327. The Labute approximate surface area is 196 Å². The molecule has 0 aliphatic heterocycles. The van der Waals surface area contributed by atoms with Gasteiger partial charge in [-0.25, -0.2) is 0 Å². The van der Waals surface area contributed by atoms with Crippen molar-refractivity contribution in [2.75, 3.05) is 13.2 Å². The molecule has 7 nitrogen and oxygen atoms in total. The van der Waals surface area contributed by atoms with Crippen molar-refractivity contribution < 1.29 is 19.4 Å². The standard InChI is InChI=1S/C25H24ClN3O4/c1-2-17-6-11-24(23(14-17)29-27-21-10-7-19(26)16-22(21)28-29)33-13-3-12-32-20-8-4-18(5-9-20)15-25(30)31/h4-11,14,16H,2-3,12-13,15H2,1H3,(H,30,31). The van der Waals surface area contributed by atoms with E-state index in [1.807, 2.05) is 24.3 Å². The Hall–Kier alpha value is -3.58. The number of carboxylic acids is 1. The first-order valence-electron chi connectivity index (χ1n) is 10.7. The van der Waals surface area contributed by atoms with E-state index in [1.54, 1.807) is 41.2 Å². The van der Waals surface area contributed by atoms with E-state index >= 15 is 0 Å². The number of aliphatic carboxylic acids is 1. The van der Waals surface area contributed by atoms with E-state index in [2.05, 4.69) is 17.1 Å². The number of carboxylic acid groups (broad SMARTS) is 1. The van der Waals surface area contributed by atoms with Crippen LogP contribution in [-0.4, -0.2) is 39.3 Å². The maximum absolute atomic E-state index is 10.8. The maximum Gasteiger partial charge on any atom is 0.307 e. The lowest BCUT2D eigenvalue weighted by molar-refractivity contribution is -0.136. The fourth-order valence-electron chi connectivity index (χ4n) is 3.37. The molecule has 3 aromatic carbocycles. The number of rotatable bonds is 10. The van der Waals surface area contributed by atoms with Crippen molar-refractivity contribution in [2.45, 2.75) is 26.2 Å². The van der Waals surface area contributed by atoms with Gasteiger partial charge in [-0.1, -0.05) is 36.7 Å². The third-order valence-electron chi connectivity index (χ3n) is 5.08. The van der Waals surface area contributed by atoms with Crippen LogP contribution in [0.25, 0.3) is 16.7 Å². The molecule has 1 aromatic heterocycles. The van der Waals surface area contributed by atoms with Gasteiger partial charge in [-0.3, -0.25) is 4.79 Å². The Morgan fingerprint density at radius 1 is 0.939 bits per heavy atom. The van der Waals surface area contributed by atoms with Gasteiger partial charge in [0.15, 0.2) is 0 Å². The van der Waals surface area contributed by atoms with Crippen LogP contribution in [-0.2, 0) is 17.6 Å². The Bertz CT molecular complexity index is 1250. The van der Waals surface area contributed by atoms with Crippen molar-refractivity contribution in [1.82, 2.24) is 15.0 Å². The summed E-state index contributed by atoms with van der Waals surface area (Å²) in [4.78, 5) is 12.4. The number of benzene rings is 3. The fraction of sp³-hybridized carbons (Fsp3) is 0.240. The van der Waals surface area contributed by atoms with Crippen LogP contribution < -0.4 is 9.47 Å². The van der Waals surface area contributed by atoms with Crippen molar-refractivity contribution in [2.24, 2.45) is 0 Å². The summed E-state index contributed by atoms with van der Waals surface area (Å²) < 4.78 is 11.8. The van der Waals surface area contributed by atoms with E-state index in [1.165, 1.54) is 0 Å². The summed E-state index contributed by atoms with van der Waals surface area (Å²) in [5, 5.41) is 18.6. The van der Waals surface area contributed by atoms with E-state index in [9.17, 15) is 4.79 Å². The van der Waals surface area contributed by atoms with Gasteiger partial charge in [0.25, 0.3) is 0 Å². The van der Waals surface area contributed by atoms with Crippen LogP contribution >= 0.6 is 11.6 Å². The topological polar surface area (TPSA) is 86.5 Å². The zero-order valence-electron chi connectivity index (χ0n) is 18.2. The minimum Gasteiger partial charge on any atom is -0.493 e. The number of aromatic nitrogens is 3. The maximum atomic E-state index is 10.8. The molecule has 0 saturated carbocycles. The van der Waals surface area contributed by atoms with E-state index in [-0.39, 0.29) is 6.42 Å². The van der Waals surface area contributed by atoms with Gasteiger partial charge in [-0.2, -0.15) is 0 Å². The molecule has 0 radical (unpaired) electrons. The van der Waals surface area contributed by atoms with Crippen molar-refractivity contribution in [3.05, 3.63) is 76.8 Å². The van der Waals surface area contributed by atoms with E-state index in [4.69, 9.17) is 26.2 Å². The van der Waals surface area contributed by atoms with Crippen LogP contribution in [0.3, 0.4) is 0 Å². The summed E-state index contributed by atoms with van der Waals surface area (Å²) in [6, 6.07) is 18.5. The highest BCUT2D eigenvalue weighted by atomic mass is 35.5. The highest BCUT2D eigenvalue weighted by Crippen LogP contribution is 2.26. The van der Waals surface area contributed by atoms with Crippen LogP contribution in [0.5, 0.6) is 11.5 Å². The lowest BCUT2D eigenvalue weighted by Gasteiger charge is -2.12. The lowest BCUT2D eigenvalue weighted by Crippen LogP contribution is -2.08. The molecule has 33 heavy (non-hydrogen) atoms. The molecule has 8 heteroatoms. The monoisotopic (exact) mass is 465 g/mol. The number of ether oxygens (including phenoxy) is 2. The number of hydrogen-bond donors (Lipinski definition) is 1. The molecule has 0 unspecified atom stereocenters. The van der Waals surface area contributed by atoms with E-state index in [0.717, 1.165) is 34.3 Å². The summed E-state index contributed by atoms with van der Waals surface area (Å²) >= 11 is 6.09. The molecule has 0 atom stereocenters. The van der Waals surface area contributed by atoms with Gasteiger partial charge in [-0.15, -0.1) is 15.0 Å². The molecule has 0 aliphatic carbocycles. The molecule has 0 saturated heterocycles. The predicted octanol–water partition coefficient (Wildman–Crippen LogP) is 5.11. The van der Waals surface area contributed by atoms with Crippen molar-refractivity contribution in [3.63, 3.8) is 0 Å². The largest absolute Gasteiger partial charge is 0.493 e. The van der Waals surface area contributed by atoms with Crippen LogP contribution in [0.1, 0.15) is 24.5 Å². The molecule has 0 amide bonds. The Morgan fingerprint density at radius 3 is 2.42 bits per heavy atom. The van der Waals surface area contributed by atoms with Crippen LogP contribution in [0, 0.1) is 0 Å². The second kappa shape index (κ2) is 10.4. The molecule has 0 aliphatic rings. The minimum atomic E-state index is -0.852. The molecule has 4 rings (SSSR count). The average molecular weight is 466 g/mol. The zero-order chi connectivity index (χ0) is 23.2. The van der Waals surface area contributed by atoms with Crippen molar-refractivity contribution in [3.8, 4) is 17.2 Å². The molecule has 0 spiro atoms. The zero-order valence-corrected chi connectivity index (χ0v) is 19.0. The molecule has 0 bridgehead atoms. The summed E-state index contributed by atoms with van der Waals surface area (Å²) in [5.41, 5.74) is 4.15. The normalized spacial score (nSPS) is 11.0. The van der Waals surface area contributed by atoms with Gasteiger partial charge in [0.2, 0.25) is 0 Å². The third-order valence-corrected chi connectivity index (χ3v) is 5.32. The van der Waals surface area contributed by atoms with Gasteiger partial charge in [0.05, 0.1) is 19.6 Å². The van der Waals surface area contributed by atoms with E-state index < -0.39 is 5.97 Å². The lowest BCUT2D eigenvalue weighted by atomic mass is 10.1. The molecular weight excluding hydrogens is 442 g/mol. The number of hydrogen-bond acceptors (Lipinski definition) is 5. The summed E-state index contributed by atoms with van der Waals surface area (Å²) in [7, 11) is 0. The molecule has 1 heterocycles. The number of aryl methyl sites for hydroxylation is 1. The number of fused-ring (bicyclic) bond motifs is 1. The highest BCUT2D eigenvalue weighted by Gasteiger charge is 2.12. The summed E-state index contributed by atoms with van der Waals surface area (Å²) in [5.74, 6) is 0.536. The predicted molar refractivity (Wildman–Crippen MR) is 127 cm³/mol. The van der Waals surface area contributed by atoms with Crippen LogP contribution in [0.15, 0.2) is 60.7 Å². The first kappa shape index (κ1) is 22.6. The number of nitrogens with zero attached hydrogens (tertiary/aromatic N) is 3. The fourth-order valence-corrected chi connectivity index (χ4v) is 3.53. The molecular formula is C25H24ClN3O4. The van der Waals surface area contributed by atoms with Crippen molar-refractivity contribution in [1.29, 1.82) is 0 Å². The Morgan fingerprint density at radius 2 is 1.67 bits per heavy atom. The smallest absolute Gasteiger partial charge is 0.307 e. The second-order valence-corrected chi connectivity index (χ2v) is 7.98. The Kier molecular flexibility index (Phi) is 7.10. The summed E-state index contributed by atoms with van der Waals surface area (Å²) in [6.45, 7) is 3.03. The number of carbonyl (C=O) groups is 1. The first-order chi connectivity index (χ1) is 16.0. The highest BCUT2D eigenvalue weighted by molar-refractivity contribution is 6.31. The minimum absolute atomic E-state index is 0.000976. The summed E-state index contributed by atoms with van der Waals surface area (Å²) in [6.07, 6.45) is 1.57. The molecule has 1 N–H and O–H groups in total. The van der Waals surface area contributed by atoms with Gasteiger partial charge >= 0.3 is 5.97 Å². The number of halogens is 1. The Balaban J connectivity index is 1.38. The average Bonchev–Trinajstić information content (AvgIpc) is 3.22. The van der Waals surface area contributed by atoms with Crippen LogP contribution in [0.2, 0.25) is 5.02 Å². The molecule has 0 fully saturated rings. The van der Waals surface area contributed by atoms with Crippen LogP contribution in [0.4, 0.5) is 0 Å². The molecule has 170 valence electrons. The van der Waals surface area contributed by atoms with Gasteiger partial charge in [-0.05, 0) is 60.0 Å². The third kappa shape index (κ3) is 5.81. The first-order valence-corrected chi connectivity index (χ1v) is 11.1. The van der Waals surface area contributed by atoms with Gasteiger partial charge in [0, 0.05) is 11.4 Å². The molecule has 4 aromatic rings.